The zero-order valence-corrected chi connectivity index (χ0v) is 16.2. The third kappa shape index (κ3) is 3.98. The van der Waals surface area contributed by atoms with Crippen LogP contribution in [0.5, 0.6) is 11.5 Å². The van der Waals surface area contributed by atoms with Crippen LogP contribution < -0.4 is 14.8 Å². The van der Waals surface area contributed by atoms with E-state index < -0.39 is 0 Å². The van der Waals surface area contributed by atoms with E-state index in [1.165, 1.54) is 23.8 Å². The number of aromatic amines is 1. The number of carbonyl (C=O) groups excluding carboxylic acids is 1. The minimum Gasteiger partial charge on any atom is -0.493 e. The Bertz CT molecular complexity index is 957. The van der Waals surface area contributed by atoms with Crippen LogP contribution in [0.15, 0.2) is 48.7 Å². The Morgan fingerprint density at radius 1 is 1.14 bits per heavy atom. The SMILES string of the molecule is COc1cc(C(=O)NCCc2c[nH]c3ccccc23)ccc1OC1CCCC1. The quantitative estimate of drug-likeness (QED) is 0.638. The molecule has 0 unspecified atom stereocenters. The third-order valence-electron chi connectivity index (χ3n) is 5.38. The first-order chi connectivity index (χ1) is 13.7. The van der Waals surface area contributed by atoms with Crippen molar-refractivity contribution in [2.24, 2.45) is 0 Å². The Hall–Kier alpha value is -2.95. The summed E-state index contributed by atoms with van der Waals surface area (Å²) in [7, 11) is 1.61. The van der Waals surface area contributed by atoms with Crippen LogP contribution >= 0.6 is 0 Å². The van der Waals surface area contributed by atoms with Crippen molar-refractivity contribution in [2.75, 3.05) is 13.7 Å². The smallest absolute Gasteiger partial charge is 0.251 e. The summed E-state index contributed by atoms with van der Waals surface area (Å²) in [5.41, 5.74) is 2.90. The molecule has 2 N–H and O–H groups in total. The van der Waals surface area contributed by atoms with Gasteiger partial charge in [0.15, 0.2) is 11.5 Å². The van der Waals surface area contributed by atoms with Crippen molar-refractivity contribution >= 4 is 16.8 Å². The molecule has 0 aliphatic heterocycles. The summed E-state index contributed by atoms with van der Waals surface area (Å²) < 4.78 is 11.5. The first-order valence-corrected chi connectivity index (χ1v) is 9.92. The largest absolute Gasteiger partial charge is 0.493 e. The van der Waals surface area contributed by atoms with Gasteiger partial charge >= 0.3 is 0 Å². The van der Waals surface area contributed by atoms with Gasteiger partial charge in [-0.15, -0.1) is 0 Å². The van der Waals surface area contributed by atoms with Gasteiger partial charge in [-0.05, 0) is 61.9 Å². The highest BCUT2D eigenvalue weighted by molar-refractivity contribution is 5.95. The third-order valence-corrected chi connectivity index (χ3v) is 5.38. The Kier molecular flexibility index (Phi) is 5.51. The molecule has 146 valence electrons. The molecule has 1 saturated carbocycles. The molecular weight excluding hydrogens is 352 g/mol. The first kappa shape index (κ1) is 18.4. The number of carbonyl (C=O) groups is 1. The Morgan fingerprint density at radius 3 is 2.79 bits per heavy atom. The maximum absolute atomic E-state index is 12.5. The van der Waals surface area contributed by atoms with Gasteiger partial charge in [0.05, 0.1) is 13.2 Å². The molecule has 1 aromatic heterocycles. The number of hydrogen-bond donors (Lipinski definition) is 2. The molecule has 2 aromatic carbocycles. The van der Waals surface area contributed by atoms with Crippen molar-refractivity contribution < 1.29 is 14.3 Å². The Labute approximate surface area is 165 Å². The second-order valence-electron chi connectivity index (χ2n) is 7.26. The summed E-state index contributed by atoms with van der Waals surface area (Å²) in [4.78, 5) is 15.8. The molecule has 0 spiro atoms. The van der Waals surface area contributed by atoms with E-state index in [2.05, 4.69) is 22.4 Å². The van der Waals surface area contributed by atoms with Crippen LogP contribution in [-0.2, 0) is 6.42 Å². The molecule has 5 heteroatoms. The minimum atomic E-state index is -0.106. The van der Waals surface area contributed by atoms with Crippen LogP contribution in [0.4, 0.5) is 0 Å². The molecular formula is C23H26N2O3. The van der Waals surface area contributed by atoms with Gasteiger partial charge in [-0.3, -0.25) is 4.79 Å². The van der Waals surface area contributed by atoms with Crippen molar-refractivity contribution in [1.29, 1.82) is 0 Å². The van der Waals surface area contributed by atoms with Gasteiger partial charge in [0.25, 0.3) is 5.91 Å². The molecule has 1 aliphatic carbocycles. The molecule has 1 fully saturated rings. The van der Waals surface area contributed by atoms with Crippen LogP contribution in [0.2, 0.25) is 0 Å². The number of fused-ring (bicyclic) bond motifs is 1. The Morgan fingerprint density at radius 2 is 1.96 bits per heavy atom. The Balaban J connectivity index is 1.37. The molecule has 28 heavy (non-hydrogen) atoms. The van der Waals surface area contributed by atoms with Crippen molar-refractivity contribution in [1.82, 2.24) is 10.3 Å². The lowest BCUT2D eigenvalue weighted by molar-refractivity contribution is 0.0953. The highest BCUT2D eigenvalue weighted by atomic mass is 16.5. The number of para-hydroxylation sites is 1. The van der Waals surface area contributed by atoms with Gasteiger partial charge in [-0.25, -0.2) is 0 Å². The number of aromatic nitrogens is 1. The van der Waals surface area contributed by atoms with E-state index in [1.54, 1.807) is 19.2 Å². The molecule has 1 amide bonds. The van der Waals surface area contributed by atoms with E-state index in [1.807, 2.05) is 24.4 Å². The van der Waals surface area contributed by atoms with Crippen molar-refractivity contribution in [3.05, 3.63) is 59.8 Å². The average Bonchev–Trinajstić information content (AvgIpc) is 3.38. The summed E-state index contributed by atoms with van der Waals surface area (Å²) in [5.74, 6) is 1.21. The number of amides is 1. The van der Waals surface area contributed by atoms with Gasteiger partial charge < -0.3 is 19.8 Å². The molecule has 5 nitrogen and oxygen atoms in total. The second-order valence-corrected chi connectivity index (χ2v) is 7.26. The van der Waals surface area contributed by atoms with Crippen LogP contribution in [0.3, 0.4) is 0 Å². The van der Waals surface area contributed by atoms with Crippen LogP contribution in [-0.4, -0.2) is 30.6 Å². The fourth-order valence-electron chi connectivity index (χ4n) is 3.84. The maximum atomic E-state index is 12.5. The van der Waals surface area contributed by atoms with Crippen molar-refractivity contribution in [3.8, 4) is 11.5 Å². The number of benzene rings is 2. The van der Waals surface area contributed by atoms with Crippen LogP contribution in [0.25, 0.3) is 10.9 Å². The van der Waals surface area contributed by atoms with E-state index in [9.17, 15) is 4.79 Å². The van der Waals surface area contributed by atoms with Crippen molar-refractivity contribution in [2.45, 2.75) is 38.2 Å². The zero-order chi connectivity index (χ0) is 19.3. The summed E-state index contributed by atoms with van der Waals surface area (Å²) in [6, 6.07) is 13.6. The van der Waals surface area contributed by atoms with Crippen LogP contribution in [0.1, 0.15) is 41.6 Å². The fraction of sp³-hybridized carbons (Fsp3) is 0.348. The molecule has 1 heterocycles. The maximum Gasteiger partial charge on any atom is 0.251 e. The van der Waals surface area contributed by atoms with E-state index in [4.69, 9.17) is 9.47 Å². The van der Waals surface area contributed by atoms with Gasteiger partial charge in [0, 0.05) is 29.2 Å². The number of ether oxygens (including phenoxy) is 2. The summed E-state index contributed by atoms with van der Waals surface area (Å²) >= 11 is 0. The predicted octanol–water partition coefficient (Wildman–Crippen LogP) is 4.47. The molecule has 0 atom stereocenters. The molecule has 1 aliphatic rings. The summed E-state index contributed by atoms with van der Waals surface area (Å²) in [6.07, 6.45) is 7.63. The topological polar surface area (TPSA) is 63.3 Å². The van der Waals surface area contributed by atoms with Gasteiger partial charge in [-0.2, -0.15) is 0 Å². The zero-order valence-electron chi connectivity index (χ0n) is 16.2. The number of methoxy groups -OCH3 is 1. The van der Waals surface area contributed by atoms with Crippen molar-refractivity contribution in [3.63, 3.8) is 0 Å². The number of rotatable bonds is 7. The standard InChI is InChI=1S/C23H26N2O3/c1-27-22-14-16(10-11-21(22)28-18-6-2-3-7-18)23(26)24-13-12-17-15-25-20-9-5-4-8-19(17)20/h4-5,8-11,14-15,18,25H,2-3,6-7,12-13H2,1H3,(H,24,26). The van der Waals surface area contributed by atoms with Gasteiger partial charge in [-0.1, -0.05) is 18.2 Å². The summed E-state index contributed by atoms with van der Waals surface area (Å²) in [6.45, 7) is 0.573. The highest BCUT2D eigenvalue weighted by Gasteiger charge is 2.19. The summed E-state index contributed by atoms with van der Waals surface area (Å²) in [5, 5.41) is 4.20. The van der Waals surface area contributed by atoms with E-state index in [-0.39, 0.29) is 12.0 Å². The van der Waals surface area contributed by atoms with Gasteiger partial charge in [0.1, 0.15) is 0 Å². The minimum absolute atomic E-state index is 0.106. The van der Waals surface area contributed by atoms with E-state index in [0.717, 1.165) is 24.8 Å². The average molecular weight is 378 g/mol. The molecule has 0 bridgehead atoms. The molecule has 0 saturated heterocycles. The normalized spacial score (nSPS) is 14.3. The van der Waals surface area contributed by atoms with E-state index in [0.29, 0.717) is 23.6 Å². The highest BCUT2D eigenvalue weighted by Crippen LogP contribution is 2.32. The van der Waals surface area contributed by atoms with Gasteiger partial charge in [0.2, 0.25) is 0 Å². The molecule has 3 aromatic rings. The second kappa shape index (κ2) is 8.38. The lowest BCUT2D eigenvalue weighted by atomic mass is 10.1. The predicted molar refractivity (Wildman–Crippen MR) is 110 cm³/mol. The number of nitrogens with one attached hydrogen (secondary N) is 2. The lowest BCUT2D eigenvalue weighted by Gasteiger charge is -2.16. The number of hydrogen-bond acceptors (Lipinski definition) is 3. The van der Waals surface area contributed by atoms with Crippen LogP contribution in [0, 0.1) is 0 Å². The number of H-pyrrole nitrogens is 1. The first-order valence-electron chi connectivity index (χ1n) is 9.92. The molecule has 4 rings (SSSR count). The lowest BCUT2D eigenvalue weighted by Crippen LogP contribution is -2.25. The fourth-order valence-corrected chi connectivity index (χ4v) is 3.84. The molecule has 0 radical (unpaired) electrons. The monoisotopic (exact) mass is 378 g/mol. The van der Waals surface area contributed by atoms with E-state index >= 15 is 0 Å².